The van der Waals surface area contributed by atoms with E-state index in [-0.39, 0.29) is 6.23 Å². The number of ether oxygens (including phenoxy) is 1. The van der Waals surface area contributed by atoms with Gasteiger partial charge in [0.2, 0.25) is 0 Å². The van der Waals surface area contributed by atoms with E-state index in [0.29, 0.717) is 6.61 Å². The predicted molar refractivity (Wildman–Crippen MR) is 70.9 cm³/mol. The third-order valence-corrected chi connectivity index (χ3v) is 2.47. The third-order valence-electron chi connectivity index (χ3n) is 2.47. The molecule has 1 unspecified atom stereocenters. The smallest absolute Gasteiger partial charge is 0.171 e. The van der Waals surface area contributed by atoms with Gasteiger partial charge < -0.3 is 4.74 Å². The molecule has 0 spiro atoms. The molecule has 0 saturated heterocycles. The Morgan fingerprint density at radius 1 is 1.33 bits per heavy atom. The van der Waals surface area contributed by atoms with Crippen molar-refractivity contribution in [3.63, 3.8) is 0 Å². The Kier molecular flexibility index (Phi) is 4.25. The lowest BCUT2D eigenvalue weighted by Gasteiger charge is -2.12. The zero-order valence-corrected chi connectivity index (χ0v) is 10.7. The molecule has 4 nitrogen and oxygen atoms in total. The molecule has 1 aromatic heterocycles. The van der Waals surface area contributed by atoms with E-state index < -0.39 is 0 Å². The molecule has 0 aliphatic rings. The number of nitrogens with zero attached hydrogens (tertiary/aromatic N) is 3. The average molecular weight is 243 g/mol. The molecular weight excluding hydrogens is 226 g/mol. The second-order valence-electron chi connectivity index (χ2n) is 3.89. The highest BCUT2D eigenvalue weighted by Gasteiger charge is 2.07. The van der Waals surface area contributed by atoms with E-state index in [9.17, 15) is 0 Å². The van der Waals surface area contributed by atoms with Crippen LogP contribution < -0.4 is 0 Å². The van der Waals surface area contributed by atoms with Crippen LogP contribution in [-0.4, -0.2) is 21.4 Å². The molecule has 0 aliphatic carbocycles. The second kappa shape index (κ2) is 6.12. The van der Waals surface area contributed by atoms with E-state index in [1.54, 1.807) is 11.0 Å². The van der Waals surface area contributed by atoms with E-state index in [0.717, 1.165) is 11.4 Å². The summed E-state index contributed by atoms with van der Waals surface area (Å²) in [4.78, 5) is 4.11. The van der Waals surface area contributed by atoms with Gasteiger partial charge in [0.05, 0.1) is 0 Å². The zero-order valence-electron chi connectivity index (χ0n) is 10.7. The summed E-state index contributed by atoms with van der Waals surface area (Å²) >= 11 is 0. The van der Waals surface area contributed by atoms with Gasteiger partial charge in [0, 0.05) is 6.61 Å². The Labute approximate surface area is 107 Å². The molecular formula is C14H17N3O. The van der Waals surface area contributed by atoms with Crippen molar-refractivity contribution >= 4 is 6.08 Å². The van der Waals surface area contributed by atoms with E-state index >= 15 is 0 Å². The molecule has 0 amide bonds. The van der Waals surface area contributed by atoms with Crippen molar-refractivity contribution in [1.82, 2.24) is 14.8 Å². The number of aryl methyl sites for hydroxylation is 1. The first-order valence-corrected chi connectivity index (χ1v) is 6.02. The van der Waals surface area contributed by atoms with Gasteiger partial charge in [-0.3, -0.25) is 0 Å². The molecule has 2 aromatic rings. The van der Waals surface area contributed by atoms with Crippen LogP contribution in [0.3, 0.4) is 0 Å². The van der Waals surface area contributed by atoms with Gasteiger partial charge in [-0.15, -0.1) is 0 Å². The molecule has 0 N–H and O–H groups in total. The van der Waals surface area contributed by atoms with Gasteiger partial charge in [0.1, 0.15) is 12.2 Å². The first kappa shape index (κ1) is 12.5. The molecule has 4 heteroatoms. The maximum atomic E-state index is 5.64. The van der Waals surface area contributed by atoms with Gasteiger partial charge in [-0.1, -0.05) is 36.4 Å². The largest absolute Gasteiger partial charge is 0.353 e. The number of rotatable bonds is 5. The Hall–Kier alpha value is -1.94. The van der Waals surface area contributed by atoms with Gasteiger partial charge in [0.15, 0.2) is 6.23 Å². The summed E-state index contributed by atoms with van der Waals surface area (Å²) in [5.41, 5.74) is 1.14. The van der Waals surface area contributed by atoms with Crippen molar-refractivity contribution in [2.24, 2.45) is 0 Å². The highest BCUT2D eigenvalue weighted by molar-refractivity contribution is 5.48. The second-order valence-corrected chi connectivity index (χ2v) is 3.89. The summed E-state index contributed by atoms with van der Waals surface area (Å²) in [5.74, 6) is 0.743. The van der Waals surface area contributed by atoms with Crippen LogP contribution in [0.2, 0.25) is 0 Å². The molecule has 0 saturated carbocycles. The van der Waals surface area contributed by atoms with Crippen LogP contribution in [0, 0.1) is 6.92 Å². The number of aromatic nitrogens is 3. The van der Waals surface area contributed by atoms with Crippen LogP contribution in [0.25, 0.3) is 6.08 Å². The minimum atomic E-state index is -0.212. The summed E-state index contributed by atoms with van der Waals surface area (Å²) in [6.07, 6.45) is 5.48. The maximum absolute atomic E-state index is 5.64. The SMILES string of the molecule is CCOC(/C=C/c1ccccc1)n1cnc(C)n1. The molecule has 1 heterocycles. The van der Waals surface area contributed by atoms with E-state index in [1.165, 1.54) is 0 Å². The molecule has 1 aromatic carbocycles. The van der Waals surface area contributed by atoms with Crippen LogP contribution in [0.15, 0.2) is 42.7 Å². The minimum Gasteiger partial charge on any atom is -0.353 e. The van der Waals surface area contributed by atoms with E-state index in [1.807, 2.05) is 56.3 Å². The fourth-order valence-corrected chi connectivity index (χ4v) is 1.63. The average Bonchev–Trinajstić information content (AvgIpc) is 2.82. The normalized spacial score (nSPS) is 13.0. The van der Waals surface area contributed by atoms with Crippen molar-refractivity contribution < 1.29 is 4.74 Å². The lowest BCUT2D eigenvalue weighted by atomic mass is 10.2. The number of benzene rings is 1. The van der Waals surface area contributed by atoms with Crippen LogP contribution >= 0.6 is 0 Å². The van der Waals surface area contributed by atoms with Gasteiger partial charge >= 0.3 is 0 Å². The van der Waals surface area contributed by atoms with Crippen molar-refractivity contribution in [2.45, 2.75) is 20.1 Å². The fraction of sp³-hybridized carbons (Fsp3) is 0.286. The van der Waals surface area contributed by atoms with Crippen molar-refractivity contribution in [2.75, 3.05) is 6.61 Å². The van der Waals surface area contributed by atoms with Gasteiger partial charge in [-0.05, 0) is 25.5 Å². The van der Waals surface area contributed by atoms with Gasteiger partial charge in [0.25, 0.3) is 0 Å². The topological polar surface area (TPSA) is 39.9 Å². The highest BCUT2D eigenvalue weighted by atomic mass is 16.5. The Morgan fingerprint density at radius 3 is 2.72 bits per heavy atom. The first-order chi connectivity index (χ1) is 8.79. The number of hydrogen-bond donors (Lipinski definition) is 0. The zero-order chi connectivity index (χ0) is 12.8. The monoisotopic (exact) mass is 243 g/mol. The summed E-state index contributed by atoms with van der Waals surface area (Å²) < 4.78 is 7.36. The van der Waals surface area contributed by atoms with Crippen molar-refractivity contribution in [3.05, 3.63) is 54.1 Å². The fourth-order valence-electron chi connectivity index (χ4n) is 1.63. The minimum absolute atomic E-state index is 0.212. The summed E-state index contributed by atoms with van der Waals surface area (Å²) in [6.45, 7) is 4.45. The van der Waals surface area contributed by atoms with Crippen molar-refractivity contribution in [3.8, 4) is 0 Å². The lowest BCUT2D eigenvalue weighted by molar-refractivity contribution is 0.0382. The molecule has 18 heavy (non-hydrogen) atoms. The molecule has 1 atom stereocenters. The van der Waals surface area contributed by atoms with Crippen LogP contribution in [0.1, 0.15) is 24.5 Å². The maximum Gasteiger partial charge on any atom is 0.171 e. The van der Waals surface area contributed by atoms with Crippen LogP contribution in [-0.2, 0) is 4.74 Å². The molecule has 2 rings (SSSR count). The quantitative estimate of drug-likeness (QED) is 0.810. The van der Waals surface area contributed by atoms with Gasteiger partial charge in [-0.25, -0.2) is 9.67 Å². The van der Waals surface area contributed by atoms with Crippen LogP contribution in [0.4, 0.5) is 0 Å². The Morgan fingerprint density at radius 2 is 2.11 bits per heavy atom. The number of hydrogen-bond acceptors (Lipinski definition) is 3. The molecule has 0 aliphatic heterocycles. The third kappa shape index (κ3) is 3.28. The Bertz CT molecular complexity index is 505. The first-order valence-electron chi connectivity index (χ1n) is 6.02. The predicted octanol–water partition coefficient (Wildman–Crippen LogP) is 2.84. The standard InChI is InChI=1S/C14H17N3O/c1-3-18-14(17-11-15-12(2)16-17)10-9-13-7-5-4-6-8-13/h4-11,14H,3H2,1-2H3/b10-9+. The highest BCUT2D eigenvalue weighted by Crippen LogP contribution is 2.12. The van der Waals surface area contributed by atoms with E-state index in [4.69, 9.17) is 4.74 Å². The molecule has 94 valence electrons. The molecule has 0 radical (unpaired) electrons. The Balaban J connectivity index is 2.14. The lowest BCUT2D eigenvalue weighted by Crippen LogP contribution is -2.11. The molecule has 0 fully saturated rings. The van der Waals surface area contributed by atoms with Crippen LogP contribution in [0.5, 0.6) is 0 Å². The summed E-state index contributed by atoms with van der Waals surface area (Å²) in [6, 6.07) is 10.1. The summed E-state index contributed by atoms with van der Waals surface area (Å²) in [7, 11) is 0. The molecule has 0 bridgehead atoms. The van der Waals surface area contributed by atoms with Crippen molar-refractivity contribution in [1.29, 1.82) is 0 Å². The summed E-state index contributed by atoms with van der Waals surface area (Å²) in [5, 5.41) is 4.27. The van der Waals surface area contributed by atoms with Gasteiger partial charge in [-0.2, -0.15) is 5.10 Å². The van der Waals surface area contributed by atoms with E-state index in [2.05, 4.69) is 10.1 Å².